The summed E-state index contributed by atoms with van der Waals surface area (Å²) < 4.78 is 54.8. The molecule has 0 aromatic carbocycles. The Balaban J connectivity index is 4.83. The van der Waals surface area contributed by atoms with Gasteiger partial charge in [-0.25, -0.2) is 4.18 Å². The smallest absolute Gasteiger partial charge is 0.379 e. The molecule has 0 spiro atoms. The summed E-state index contributed by atoms with van der Waals surface area (Å²) in [5.41, 5.74) is 0. The van der Waals surface area contributed by atoms with Gasteiger partial charge in [-0.1, -0.05) is 233 Å². The van der Waals surface area contributed by atoms with E-state index >= 15 is 0 Å². The second-order valence-electron chi connectivity index (χ2n) is 16.6. The van der Waals surface area contributed by atoms with Crippen molar-refractivity contribution >= 4 is 16.2 Å². The van der Waals surface area contributed by atoms with E-state index in [1.165, 1.54) is 186 Å². The number of rotatable bonds is 48. The number of unbranched alkanes of at least 4 members (excludes halogenated alkanes) is 33. The molecule has 0 fully saturated rings. The summed E-state index contributed by atoms with van der Waals surface area (Å²) in [4.78, 5) is 13.3. The first-order valence-electron chi connectivity index (χ1n) is 24.3. The predicted molar refractivity (Wildman–Crippen MR) is 236 cm³/mol. The molecule has 0 aromatic rings. The van der Waals surface area contributed by atoms with Crippen LogP contribution in [0, 0.1) is 0 Å². The molecule has 2 atom stereocenters. The first-order chi connectivity index (χ1) is 27.4. The van der Waals surface area contributed by atoms with Crippen LogP contribution in [0.25, 0.3) is 0 Å². The number of carbonyl (C=O) groups is 1. The highest BCUT2D eigenvalue weighted by Gasteiger charge is 2.31. The number of hydrogen-bond acceptors (Lipinski definition) is 7. The van der Waals surface area contributed by atoms with Crippen molar-refractivity contribution in [3.8, 4) is 0 Å². The van der Waals surface area contributed by atoms with Crippen molar-refractivity contribution in [1.29, 1.82) is 0 Å². The van der Waals surface area contributed by atoms with Crippen molar-refractivity contribution in [1.82, 2.24) is 0 Å². The minimum Gasteiger partial charge on any atom is -0.379 e. The number of Topliss-reactive ketones (excluding diaryl/α,β-unsaturated/α-hetero) is 1. The molecule has 0 radical (unpaired) electrons. The van der Waals surface area contributed by atoms with Gasteiger partial charge in [-0.2, -0.15) is 8.42 Å². The third-order valence-corrected chi connectivity index (χ3v) is 11.5. The molecule has 336 valence electrons. The molecule has 0 aliphatic rings. The molecule has 0 saturated heterocycles. The average Bonchev–Trinajstić information content (AvgIpc) is 3.18. The highest BCUT2D eigenvalue weighted by molar-refractivity contribution is 7.80. The quantitative estimate of drug-likeness (QED) is 0.0478. The highest BCUT2D eigenvalue weighted by atomic mass is 32.3. The summed E-state index contributed by atoms with van der Waals surface area (Å²) in [6.07, 6.45) is 43.3. The van der Waals surface area contributed by atoms with E-state index in [2.05, 4.69) is 25.0 Å². The van der Waals surface area contributed by atoms with Crippen molar-refractivity contribution in [2.45, 2.75) is 264 Å². The van der Waals surface area contributed by atoms with Gasteiger partial charge >= 0.3 is 10.4 Å². The number of hydrogen-bond donors (Lipinski definition) is 1. The minimum absolute atomic E-state index is 0.191. The molecule has 2 unspecified atom stereocenters. The maximum atomic E-state index is 13.3. The van der Waals surface area contributed by atoms with E-state index in [1.54, 1.807) is 0 Å². The third-order valence-electron chi connectivity index (χ3n) is 11.1. The molecule has 1 N–H and O–H groups in total. The fourth-order valence-electron chi connectivity index (χ4n) is 7.42. The Morgan fingerprint density at radius 3 is 1.04 bits per heavy atom. The van der Waals surface area contributed by atoms with Crippen molar-refractivity contribution in [2.75, 3.05) is 33.0 Å². The van der Waals surface area contributed by atoms with Crippen LogP contribution in [0.15, 0.2) is 0 Å². The van der Waals surface area contributed by atoms with Gasteiger partial charge in [0, 0.05) is 19.8 Å². The van der Waals surface area contributed by atoms with Crippen LogP contribution >= 0.6 is 0 Å². The first kappa shape index (κ1) is 55.4. The second kappa shape index (κ2) is 44.0. The third kappa shape index (κ3) is 41.6. The molecule has 0 heterocycles. The predicted octanol–water partition coefficient (Wildman–Crippen LogP) is 14.3. The number of ketones is 1. The van der Waals surface area contributed by atoms with Crippen LogP contribution < -0.4 is 0 Å². The van der Waals surface area contributed by atoms with Crippen LogP contribution in [-0.4, -0.2) is 64.0 Å². The summed E-state index contributed by atoms with van der Waals surface area (Å²) in [5, 5.41) is 0. The zero-order valence-electron chi connectivity index (χ0n) is 37.4. The average molecular weight is 819 g/mol. The van der Waals surface area contributed by atoms with Gasteiger partial charge in [0.25, 0.3) is 0 Å². The zero-order chi connectivity index (χ0) is 41.1. The SMILES string of the molecule is CCCCCCCCCCCCCCOCC(OCCCCCCCCCCCCCC)C(OCCCCCCCCCCCCCC)C(=O)COS(=O)(=O)O. The van der Waals surface area contributed by atoms with Gasteiger partial charge in [-0.15, -0.1) is 0 Å². The molecule has 9 heteroatoms. The molecular weight excluding hydrogens is 725 g/mol. The van der Waals surface area contributed by atoms with E-state index in [0.29, 0.717) is 19.8 Å². The molecule has 0 aliphatic heterocycles. The lowest BCUT2D eigenvalue weighted by molar-refractivity contribution is -0.151. The van der Waals surface area contributed by atoms with Gasteiger partial charge in [0.1, 0.15) is 18.8 Å². The van der Waals surface area contributed by atoms with Gasteiger partial charge in [-0.3, -0.25) is 9.35 Å². The molecule has 0 aliphatic carbocycles. The molecular formula is C47H94O8S. The Morgan fingerprint density at radius 1 is 0.429 bits per heavy atom. The topological polar surface area (TPSA) is 108 Å². The largest absolute Gasteiger partial charge is 0.397 e. The number of ether oxygens (including phenoxy) is 3. The summed E-state index contributed by atoms with van der Waals surface area (Å²) in [6, 6.07) is 0. The van der Waals surface area contributed by atoms with Crippen molar-refractivity contribution < 1.29 is 36.2 Å². The van der Waals surface area contributed by atoms with E-state index in [-0.39, 0.29) is 6.61 Å². The first-order valence-corrected chi connectivity index (χ1v) is 25.7. The Labute approximate surface area is 348 Å². The maximum Gasteiger partial charge on any atom is 0.397 e. The van der Waals surface area contributed by atoms with E-state index in [1.807, 2.05) is 0 Å². The summed E-state index contributed by atoms with van der Waals surface area (Å²) in [7, 11) is -4.76. The van der Waals surface area contributed by atoms with Crippen molar-refractivity contribution in [3.63, 3.8) is 0 Å². The molecule has 0 amide bonds. The van der Waals surface area contributed by atoms with Gasteiger partial charge in [-0.05, 0) is 19.3 Å². The Morgan fingerprint density at radius 2 is 0.714 bits per heavy atom. The van der Waals surface area contributed by atoms with E-state index in [0.717, 1.165) is 44.9 Å². The molecule has 0 saturated carbocycles. The second-order valence-corrected chi connectivity index (χ2v) is 17.7. The Hall–Kier alpha value is -0.580. The van der Waals surface area contributed by atoms with Crippen molar-refractivity contribution in [3.05, 3.63) is 0 Å². The maximum absolute atomic E-state index is 13.3. The Kier molecular flexibility index (Phi) is 43.5. The van der Waals surface area contributed by atoms with E-state index < -0.39 is 35.0 Å². The lowest BCUT2D eigenvalue weighted by Crippen LogP contribution is -2.44. The van der Waals surface area contributed by atoms with Crippen molar-refractivity contribution in [2.24, 2.45) is 0 Å². The van der Waals surface area contributed by atoms with Gasteiger partial charge < -0.3 is 14.2 Å². The van der Waals surface area contributed by atoms with Gasteiger partial charge in [0.15, 0.2) is 5.78 Å². The zero-order valence-corrected chi connectivity index (χ0v) is 38.2. The molecule has 56 heavy (non-hydrogen) atoms. The summed E-state index contributed by atoms with van der Waals surface area (Å²) >= 11 is 0. The van der Waals surface area contributed by atoms with Crippen LogP contribution in [0.4, 0.5) is 0 Å². The van der Waals surface area contributed by atoms with E-state index in [4.69, 9.17) is 18.8 Å². The molecule has 0 rings (SSSR count). The fourth-order valence-corrected chi connectivity index (χ4v) is 7.69. The highest BCUT2D eigenvalue weighted by Crippen LogP contribution is 2.17. The number of carbonyl (C=O) groups excluding carboxylic acids is 1. The fraction of sp³-hybridized carbons (Fsp3) is 0.979. The van der Waals surface area contributed by atoms with Crippen LogP contribution in [0.1, 0.15) is 252 Å². The monoisotopic (exact) mass is 819 g/mol. The molecule has 0 aromatic heterocycles. The lowest BCUT2D eigenvalue weighted by atomic mass is 10.1. The van der Waals surface area contributed by atoms with Crippen LogP contribution in [0.3, 0.4) is 0 Å². The summed E-state index contributed by atoms with van der Waals surface area (Å²) in [5.74, 6) is -0.560. The van der Waals surface area contributed by atoms with E-state index in [9.17, 15) is 13.2 Å². The summed E-state index contributed by atoms with van der Waals surface area (Å²) in [6.45, 7) is 7.61. The molecule has 0 bridgehead atoms. The normalized spacial score (nSPS) is 13.1. The molecule has 8 nitrogen and oxygen atoms in total. The lowest BCUT2D eigenvalue weighted by Gasteiger charge is -2.26. The standard InChI is InChI=1S/C47H94O8S/c1-4-7-10-13-16-19-22-25-28-31-34-37-40-52-44-46(53-41-38-35-32-29-26-23-20-17-14-11-8-5-2)47(45(48)43-55-56(49,50)51)54-42-39-36-33-30-27-24-21-18-15-12-9-6-3/h46-47H,4-44H2,1-3H3,(H,49,50,51). The van der Waals surface area contributed by atoms with Crippen LogP contribution in [-0.2, 0) is 33.6 Å². The Bertz CT molecular complexity index is 899. The van der Waals surface area contributed by atoms with Crippen LogP contribution in [0.2, 0.25) is 0 Å². The minimum atomic E-state index is -4.76. The van der Waals surface area contributed by atoms with Gasteiger partial charge in [0.2, 0.25) is 0 Å². The van der Waals surface area contributed by atoms with Gasteiger partial charge in [0.05, 0.1) is 6.61 Å². The van der Waals surface area contributed by atoms with Crippen LogP contribution in [0.5, 0.6) is 0 Å².